The highest BCUT2D eigenvalue weighted by Crippen LogP contribution is 2.47. The second-order valence-electron chi connectivity index (χ2n) is 8.38. The highest BCUT2D eigenvalue weighted by atomic mass is 19.1. The van der Waals surface area contributed by atoms with Crippen LogP contribution < -0.4 is 20.9 Å². The Balaban J connectivity index is 1.75. The number of aromatic nitrogens is 1. The zero-order chi connectivity index (χ0) is 19.8. The molecule has 1 aromatic carbocycles. The van der Waals surface area contributed by atoms with Crippen LogP contribution in [0.25, 0.3) is 10.9 Å². The van der Waals surface area contributed by atoms with Crippen molar-refractivity contribution in [3.63, 3.8) is 0 Å². The van der Waals surface area contributed by atoms with E-state index in [0.29, 0.717) is 41.3 Å². The fourth-order valence-corrected chi connectivity index (χ4v) is 5.22. The van der Waals surface area contributed by atoms with E-state index in [-0.39, 0.29) is 23.8 Å². The van der Waals surface area contributed by atoms with E-state index in [1.807, 2.05) is 4.90 Å². The van der Waals surface area contributed by atoms with Crippen LogP contribution in [0, 0.1) is 11.7 Å². The number of anilines is 1. The number of carboxylic acid groups (broad SMARTS) is 1. The van der Waals surface area contributed by atoms with Crippen molar-refractivity contribution in [2.24, 2.45) is 11.7 Å². The SMILES string of the molecule is C[C@H]1COc2c(N3CC4CCCC4(N)C3)c(F)cc3cc(C(=O)O)c(=O)n1c23. The van der Waals surface area contributed by atoms with E-state index in [0.717, 1.165) is 19.3 Å². The van der Waals surface area contributed by atoms with Crippen LogP contribution in [0.5, 0.6) is 5.75 Å². The molecule has 5 rings (SSSR count). The topological polar surface area (TPSA) is 97.8 Å². The average molecular weight is 387 g/mol. The van der Waals surface area contributed by atoms with E-state index in [9.17, 15) is 14.7 Å². The quantitative estimate of drug-likeness (QED) is 0.819. The number of carboxylic acids is 1. The molecule has 28 heavy (non-hydrogen) atoms. The van der Waals surface area contributed by atoms with Crippen molar-refractivity contribution in [3.05, 3.63) is 33.9 Å². The number of rotatable bonds is 2. The first kappa shape index (κ1) is 17.5. The molecule has 2 aromatic rings. The first-order valence-electron chi connectivity index (χ1n) is 9.62. The number of hydrogen-bond donors (Lipinski definition) is 2. The minimum absolute atomic E-state index is 0.173. The van der Waals surface area contributed by atoms with Crippen LogP contribution >= 0.6 is 0 Å². The lowest BCUT2D eigenvalue weighted by Gasteiger charge is -2.31. The molecule has 1 aliphatic carbocycles. The fraction of sp³-hybridized carbons (Fsp3) is 0.500. The summed E-state index contributed by atoms with van der Waals surface area (Å²) in [5, 5.41) is 9.72. The molecule has 2 aliphatic heterocycles. The monoisotopic (exact) mass is 387 g/mol. The average Bonchev–Trinajstić information content (AvgIpc) is 3.13. The summed E-state index contributed by atoms with van der Waals surface area (Å²) >= 11 is 0. The minimum Gasteiger partial charge on any atom is -0.487 e. The second-order valence-corrected chi connectivity index (χ2v) is 8.38. The highest BCUT2D eigenvalue weighted by molar-refractivity contribution is 5.97. The number of hydrogen-bond acceptors (Lipinski definition) is 5. The van der Waals surface area contributed by atoms with E-state index in [2.05, 4.69) is 0 Å². The van der Waals surface area contributed by atoms with Gasteiger partial charge in [-0.2, -0.15) is 0 Å². The maximum Gasteiger partial charge on any atom is 0.341 e. The zero-order valence-corrected chi connectivity index (χ0v) is 15.6. The number of fused-ring (bicyclic) bond motifs is 1. The number of nitrogens with two attached hydrogens (primary N) is 1. The molecule has 3 N–H and O–H groups in total. The van der Waals surface area contributed by atoms with Crippen molar-refractivity contribution in [3.8, 4) is 5.75 Å². The van der Waals surface area contributed by atoms with Gasteiger partial charge in [-0.15, -0.1) is 0 Å². The number of halogens is 1. The Labute approximate surface area is 160 Å². The van der Waals surface area contributed by atoms with Gasteiger partial charge in [0.15, 0.2) is 11.6 Å². The van der Waals surface area contributed by atoms with E-state index in [1.54, 1.807) is 6.92 Å². The summed E-state index contributed by atoms with van der Waals surface area (Å²) in [4.78, 5) is 26.2. The Bertz CT molecular complexity index is 1080. The first-order valence-corrected chi connectivity index (χ1v) is 9.62. The molecule has 1 aromatic heterocycles. The number of ether oxygens (including phenoxy) is 1. The van der Waals surface area contributed by atoms with Crippen molar-refractivity contribution in [2.75, 3.05) is 24.6 Å². The Hall–Kier alpha value is -2.61. The van der Waals surface area contributed by atoms with E-state index in [1.165, 1.54) is 16.7 Å². The fourth-order valence-electron chi connectivity index (χ4n) is 5.22. The van der Waals surface area contributed by atoms with Crippen LogP contribution in [0.15, 0.2) is 16.9 Å². The third kappa shape index (κ3) is 2.24. The molecule has 3 atom stereocenters. The number of benzene rings is 1. The Morgan fingerprint density at radius 1 is 1.43 bits per heavy atom. The first-order chi connectivity index (χ1) is 13.3. The van der Waals surface area contributed by atoms with Crippen molar-refractivity contribution < 1.29 is 19.0 Å². The van der Waals surface area contributed by atoms with Crippen LogP contribution in [0.3, 0.4) is 0 Å². The van der Waals surface area contributed by atoms with Gasteiger partial charge in [0, 0.05) is 24.0 Å². The molecular formula is C20H22FN3O4. The summed E-state index contributed by atoms with van der Waals surface area (Å²) in [5.74, 6) is -1.18. The number of nitrogens with zero attached hydrogens (tertiary/aromatic N) is 2. The second kappa shape index (κ2) is 5.70. The van der Waals surface area contributed by atoms with Gasteiger partial charge in [-0.3, -0.25) is 9.36 Å². The van der Waals surface area contributed by atoms with Crippen molar-refractivity contribution in [2.45, 2.75) is 37.8 Å². The lowest BCUT2D eigenvalue weighted by Crippen LogP contribution is -2.44. The molecule has 0 amide bonds. The highest BCUT2D eigenvalue weighted by Gasteiger charge is 2.48. The normalized spacial score (nSPS) is 28.5. The molecule has 2 unspecified atom stereocenters. The largest absolute Gasteiger partial charge is 0.487 e. The van der Waals surface area contributed by atoms with Gasteiger partial charge >= 0.3 is 5.97 Å². The minimum atomic E-state index is -1.32. The van der Waals surface area contributed by atoms with E-state index in [4.69, 9.17) is 10.5 Å². The summed E-state index contributed by atoms with van der Waals surface area (Å²) in [6, 6.07) is 2.19. The third-order valence-corrected chi connectivity index (χ3v) is 6.59. The van der Waals surface area contributed by atoms with Gasteiger partial charge in [0.2, 0.25) is 0 Å². The molecule has 0 radical (unpaired) electrons. The van der Waals surface area contributed by atoms with Crippen molar-refractivity contribution in [1.82, 2.24) is 4.57 Å². The smallest absolute Gasteiger partial charge is 0.341 e. The molecule has 148 valence electrons. The Morgan fingerprint density at radius 2 is 2.21 bits per heavy atom. The standard InChI is InChI=1S/C20H22FN3O4/c1-10-8-28-17-15-11(5-13(19(26)27)18(25)24(10)15)6-14(21)16(17)23-7-12-3-2-4-20(12,22)9-23/h5-6,10,12H,2-4,7-9,22H2,1H3,(H,26,27)/t10-,12?,20?/m0/s1. The van der Waals surface area contributed by atoms with Crippen LogP contribution in [0.1, 0.15) is 42.6 Å². The van der Waals surface area contributed by atoms with Gasteiger partial charge in [0.25, 0.3) is 5.56 Å². The van der Waals surface area contributed by atoms with Gasteiger partial charge < -0.3 is 20.5 Å². The predicted octanol–water partition coefficient (Wildman–Crippen LogP) is 2.11. The molecule has 1 saturated heterocycles. The molecule has 7 nitrogen and oxygen atoms in total. The number of aromatic carboxylic acids is 1. The maximum atomic E-state index is 15.2. The number of pyridine rings is 1. The molecule has 1 saturated carbocycles. The summed E-state index contributed by atoms with van der Waals surface area (Å²) in [7, 11) is 0. The predicted molar refractivity (Wildman–Crippen MR) is 102 cm³/mol. The Kier molecular flexibility index (Phi) is 3.56. The zero-order valence-electron chi connectivity index (χ0n) is 15.6. The van der Waals surface area contributed by atoms with Crippen molar-refractivity contribution in [1.29, 1.82) is 0 Å². The summed E-state index contributed by atoms with van der Waals surface area (Å²) in [6.45, 7) is 3.16. The van der Waals surface area contributed by atoms with Gasteiger partial charge in [-0.1, -0.05) is 6.42 Å². The third-order valence-electron chi connectivity index (χ3n) is 6.59. The lowest BCUT2D eigenvalue weighted by molar-refractivity contribution is 0.0694. The van der Waals surface area contributed by atoms with Crippen molar-refractivity contribution >= 4 is 22.6 Å². The molecule has 3 heterocycles. The van der Waals surface area contributed by atoms with Crippen LogP contribution in [0.2, 0.25) is 0 Å². The molecule has 0 spiro atoms. The molecular weight excluding hydrogens is 365 g/mol. The molecule has 2 fully saturated rings. The van der Waals surface area contributed by atoms with Crippen LogP contribution in [-0.4, -0.2) is 40.9 Å². The van der Waals surface area contributed by atoms with Gasteiger partial charge in [-0.05, 0) is 37.8 Å². The van der Waals surface area contributed by atoms with Crippen LogP contribution in [-0.2, 0) is 0 Å². The maximum absolute atomic E-state index is 15.2. The number of carbonyl (C=O) groups is 1. The molecule has 3 aliphatic rings. The van der Waals surface area contributed by atoms with Gasteiger partial charge in [0.1, 0.15) is 17.9 Å². The van der Waals surface area contributed by atoms with E-state index < -0.39 is 17.3 Å². The summed E-state index contributed by atoms with van der Waals surface area (Å²) in [5.41, 5.74) is 6.07. The van der Waals surface area contributed by atoms with E-state index >= 15 is 4.39 Å². The molecule has 8 heteroatoms. The summed E-state index contributed by atoms with van der Waals surface area (Å²) < 4.78 is 22.5. The molecule has 0 bridgehead atoms. The summed E-state index contributed by atoms with van der Waals surface area (Å²) in [6.07, 6.45) is 3.04. The van der Waals surface area contributed by atoms with Crippen LogP contribution in [0.4, 0.5) is 10.1 Å². The lowest BCUT2D eigenvalue weighted by atomic mass is 9.92. The Morgan fingerprint density at radius 3 is 2.93 bits per heavy atom. The van der Waals surface area contributed by atoms with Gasteiger partial charge in [0.05, 0.1) is 11.6 Å². The van der Waals surface area contributed by atoms with Gasteiger partial charge in [-0.25, -0.2) is 9.18 Å².